The topological polar surface area (TPSA) is 35.6 Å². The van der Waals surface area contributed by atoms with Gasteiger partial charge < -0.3 is 10.2 Å². The van der Waals surface area contributed by atoms with Crippen molar-refractivity contribution >= 4 is 52.9 Å². The molecule has 0 aromatic carbocycles. The second-order valence-corrected chi connectivity index (χ2v) is 7.50. The number of hydrogen-bond donors (Lipinski definition) is 1. The first kappa shape index (κ1) is 18.3. The van der Waals surface area contributed by atoms with Gasteiger partial charge in [0.1, 0.15) is 4.34 Å². The smallest absolute Gasteiger partial charge is 0.236 e. The Labute approximate surface area is 151 Å². The fraction of sp³-hybridized carbons (Fsp3) is 0.643. The second-order valence-electron chi connectivity index (χ2n) is 5.64. The molecule has 1 aromatic heterocycles. The third kappa shape index (κ3) is 4.08. The number of thiophene rings is 1. The first-order chi connectivity index (χ1) is 10.1. The molecule has 0 bridgehead atoms. The van der Waals surface area contributed by atoms with Crippen LogP contribution >= 0.6 is 46.9 Å². The number of carbonyl (C=O) groups is 1. The SMILES string of the molecule is Cl.O=C1CNCCN1C1CCCN(Cc2csc(Cl)c2Cl)C1. The third-order valence-electron chi connectivity index (χ3n) is 4.20. The highest BCUT2D eigenvalue weighted by Gasteiger charge is 2.30. The molecule has 2 fully saturated rings. The number of nitrogens with zero attached hydrogens (tertiary/aromatic N) is 2. The molecule has 3 rings (SSSR count). The molecule has 1 amide bonds. The summed E-state index contributed by atoms with van der Waals surface area (Å²) in [5.74, 6) is 0.227. The van der Waals surface area contributed by atoms with Gasteiger partial charge in [-0.3, -0.25) is 9.69 Å². The number of rotatable bonds is 3. The lowest BCUT2D eigenvalue weighted by Crippen LogP contribution is -2.56. The highest BCUT2D eigenvalue weighted by molar-refractivity contribution is 7.15. The molecule has 0 radical (unpaired) electrons. The van der Waals surface area contributed by atoms with Crippen molar-refractivity contribution in [2.24, 2.45) is 0 Å². The minimum absolute atomic E-state index is 0. The van der Waals surface area contributed by atoms with E-state index in [0.29, 0.717) is 21.9 Å². The van der Waals surface area contributed by atoms with Crippen LogP contribution in [0.5, 0.6) is 0 Å². The third-order valence-corrected chi connectivity index (χ3v) is 6.11. The van der Waals surface area contributed by atoms with Gasteiger partial charge in [-0.15, -0.1) is 23.7 Å². The zero-order chi connectivity index (χ0) is 14.8. The highest BCUT2D eigenvalue weighted by atomic mass is 35.5. The normalized spacial score (nSPS) is 23.5. The highest BCUT2D eigenvalue weighted by Crippen LogP contribution is 2.33. The first-order valence-corrected chi connectivity index (χ1v) is 8.92. The van der Waals surface area contributed by atoms with Crippen LogP contribution in [0.25, 0.3) is 0 Å². The van der Waals surface area contributed by atoms with E-state index in [4.69, 9.17) is 23.2 Å². The predicted octanol–water partition coefficient (Wildman–Crippen LogP) is 2.87. The monoisotopic (exact) mass is 383 g/mol. The summed E-state index contributed by atoms with van der Waals surface area (Å²) in [4.78, 5) is 16.5. The number of carbonyl (C=O) groups excluding carboxylic acids is 1. The van der Waals surface area contributed by atoms with Gasteiger partial charge in [0.15, 0.2) is 0 Å². The van der Waals surface area contributed by atoms with Crippen molar-refractivity contribution in [3.05, 3.63) is 20.3 Å². The summed E-state index contributed by atoms with van der Waals surface area (Å²) in [6.45, 7) is 4.99. The van der Waals surface area contributed by atoms with Gasteiger partial charge in [-0.05, 0) is 30.3 Å². The lowest BCUT2D eigenvalue weighted by Gasteiger charge is -2.41. The fourth-order valence-electron chi connectivity index (χ4n) is 3.14. The molecule has 1 aromatic rings. The maximum absolute atomic E-state index is 12.0. The zero-order valence-electron chi connectivity index (χ0n) is 12.2. The molecule has 2 aliphatic heterocycles. The molecule has 2 saturated heterocycles. The van der Waals surface area contributed by atoms with E-state index in [9.17, 15) is 4.79 Å². The summed E-state index contributed by atoms with van der Waals surface area (Å²) < 4.78 is 0.664. The van der Waals surface area contributed by atoms with E-state index in [1.807, 2.05) is 10.3 Å². The Morgan fingerprint density at radius 2 is 2.18 bits per heavy atom. The van der Waals surface area contributed by atoms with E-state index < -0.39 is 0 Å². The van der Waals surface area contributed by atoms with Crippen molar-refractivity contribution in [3.8, 4) is 0 Å². The standard InChI is InChI=1S/C14H19Cl2N3OS.ClH/c15-13-10(9-21-14(13)16)7-18-4-1-2-11(8-18)19-5-3-17-6-12(19)20;/h9,11,17H,1-8H2;1H. The van der Waals surface area contributed by atoms with E-state index in [-0.39, 0.29) is 18.3 Å². The van der Waals surface area contributed by atoms with Crippen molar-refractivity contribution in [3.63, 3.8) is 0 Å². The van der Waals surface area contributed by atoms with Crippen LogP contribution in [0.4, 0.5) is 0 Å². The van der Waals surface area contributed by atoms with E-state index in [1.54, 1.807) is 0 Å². The molecular weight excluding hydrogens is 365 g/mol. The lowest BCUT2D eigenvalue weighted by molar-refractivity contribution is -0.135. The molecule has 0 saturated carbocycles. The molecule has 22 heavy (non-hydrogen) atoms. The van der Waals surface area contributed by atoms with Crippen molar-refractivity contribution in [1.82, 2.24) is 15.1 Å². The van der Waals surface area contributed by atoms with Crippen LogP contribution in [0.2, 0.25) is 9.36 Å². The number of piperidine rings is 1. The van der Waals surface area contributed by atoms with Gasteiger partial charge in [0.2, 0.25) is 5.91 Å². The van der Waals surface area contributed by atoms with E-state index in [1.165, 1.54) is 11.3 Å². The van der Waals surface area contributed by atoms with E-state index >= 15 is 0 Å². The number of nitrogens with one attached hydrogen (secondary N) is 1. The molecule has 1 atom stereocenters. The largest absolute Gasteiger partial charge is 0.336 e. The van der Waals surface area contributed by atoms with Crippen molar-refractivity contribution in [2.75, 3.05) is 32.7 Å². The molecule has 0 spiro atoms. The van der Waals surface area contributed by atoms with E-state index in [2.05, 4.69) is 10.2 Å². The Bertz CT molecular complexity index is 525. The zero-order valence-corrected chi connectivity index (χ0v) is 15.3. The summed E-state index contributed by atoms with van der Waals surface area (Å²) in [6.07, 6.45) is 2.22. The molecule has 1 N–H and O–H groups in total. The number of likely N-dealkylation sites (tertiary alicyclic amines) is 1. The maximum atomic E-state index is 12.0. The summed E-state index contributed by atoms with van der Waals surface area (Å²) >= 11 is 13.7. The minimum Gasteiger partial charge on any atom is -0.336 e. The Morgan fingerprint density at radius 3 is 2.86 bits per heavy atom. The molecule has 1 unspecified atom stereocenters. The summed E-state index contributed by atoms with van der Waals surface area (Å²) in [6, 6.07) is 0.334. The average molecular weight is 385 g/mol. The van der Waals surface area contributed by atoms with Crippen LogP contribution in [0.15, 0.2) is 5.38 Å². The quantitative estimate of drug-likeness (QED) is 0.870. The van der Waals surface area contributed by atoms with Crippen LogP contribution in [0, 0.1) is 0 Å². The Kier molecular flexibility index (Phi) is 6.80. The second kappa shape index (κ2) is 8.18. The van der Waals surface area contributed by atoms with Gasteiger partial charge in [-0.1, -0.05) is 23.2 Å². The molecule has 8 heteroatoms. The molecule has 0 aliphatic carbocycles. The molecule has 2 aliphatic rings. The lowest BCUT2D eigenvalue weighted by atomic mass is 10.0. The summed E-state index contributed by atoms with van der Waals surface area (Å²) in [7, 11) is 0. The van der Waals surface area contributed by atoms with Crippen molar-refractivity contribution < 1.29 is 4.79 Å². The van der Waals surface area contributed by atoms with Crippen molar-refractivity contribution in [2.45, 2.75) is 25.4 Å². The Balaban J connectivity index is 0.00000176. The first-order valence-electron chi connectivity index (χ1n) is 7.29. The van der Waals surface area contributed by atoms with Crippen LogP contribution in [-0.2, 0) is 11.3 Å². The Morgan fingerprint density at radius 1 is 1.36 bits per heavy atom. The van der Waals surface area contributed by atoms with Crippen LogP contribution in [-0.4, -0.2) is 54.5 Å². The van der Waals surface area contributed by atoms with Gasteiger partial charge in [0.05, 0.1) is 11.6 Å². The van der Waals surface area contributed by atoms with Gasteiger partial charge in [-0.25, -0.2) is 0 Å². The number of piperazine rings is 1. The van der Waals surface area contributed by atoms with Gasteiger partial charge >= 0.3 is 0 Å². The number of halogens is 3. The summed E-state index contributed by atoms with van der Waals surface area (Å²) in [5.41, 5.74) is 1.10. The van der Waals surface area contributed by atoms with Gasteiger partial charge in [0, 0.05) is 32.2 Å². The van der Waals surface area contributed by atoms with Gasteiger partial charge in [0.25, 0.3) is 0 Å². The van der Waals surface area contributed by atoms with Crippen LogP contribution in [0.1, 0.15) is 18.4 Å². The average Bonchev–Trinajstić information content (AvgIpc) is 2.80. The van der Waals surface area contributed by atoms with E-state index in [0.717, 1.165) is 51.1 Å². The maximum Gasteiger partial charge on any atom is 0.236 e. The molecule has 3 heterocycles. The number of hydrogen-bond acceptors (Lipinski definition) is 4. The van der Waals surface area contributed by atoms with Gasteiger partial charge in [-0.2, -0.15) is 0 Å². The predicted molar refractivity (Wildman–Crippen MR) is 94.5 cm³/mol. The summed E-state index contributed by atoms with van der Waals surface area (Å²) in [5, 5.41) is 5.84. The van der Waals surface area contributed by atoms with Crippen molar-refractivity contribution in [1.29, 1.82) is 0 Å². The fourth-order valence-corrected chi connectivity index (χ4v) is 4.38. The molecule has 4 nitrogen and oxygen atoms in total. The molecular formula is C14H20Cl3N3OS. The molecule has 124 valence electrons. The minimum atomic E-state index is 0. The van der Waals surface area contributed by atoms with Crippen LogP contribution in [0.3, 0.4) is 0 Å². The Hall–Kier alpha value is -0.0400. The number of amides is 1. The van der Waals surface area contributed by atoms with Crippen LogP contribution < -0.4 is 5.32 Å².